The lowest BCUT2D eigenvalue weighted by Gasteiger charge is -2.23. The predicted molar refractivity (Wildman–Crippen MR) is 93.4 cm³/mol. The van der Waals surface area contributed by atoms with Crippen LogP contribution in [0.4, 0.5) is 0 Å². The minimum atomic E-state index is 0.126. The van der Waals surface area contributed by atoms with E-state index < -0.39 is 0 Å². The van der Waals surface area contributed by atoms with Crippen LogP contribution in [0.2, 0.25) is 0 Å². The molecule has 4 nitrogen and oxygen atoms in total. The number of amides is 1. The molecule has 2 aromatic carbocycles. The molecular formula is C20H23NO3. The largest absolute Gasteiger partial charge is 0.486 e. The number of ether oxygens (including phenoxy) is 2. The summed E-state index contributed by atoms with van der Waals surface area (Å²) in [5.74, 6) is 1.63. The number of carbonyl (C=O) groups is 1. The first-order valence-electron chi connectivity index (χ1n) is 8.38. The van der Waals surface area contributed by atoms with Gasteiger partial charge in [0.05, 0.1) is 6.42 Å². The van der Waals surface area contributed by atoms with Crippen LogP contribution in [0, 0.1) is 6.92 Å². The molecule has 0 atom stereocenters. The third-order valence-electron chi connectivity index (χ3n) is 4.29. The van der Waals surface area contributed by atoms with Crippen molar-refractivity contribution in [2.75, 3.05) is 19.8 Å². The van der Waals surface area contributed by atoms with E-state index >= 15 is 0 Å². The van der Waals surface area contributed by atoms with Crippen molar-refractivity contribution in [2.45, 2.75) is 26.8 Å². The zero-order valence-corrected chi connectivity index (χ0v) is 14.2. The quantitative estimate of drug-likeness (QED) is 0.846. The Balaban J connectivity index is 1.73. The van der Waals surface area contributed by atoms with Crippen LogP contribution in [0.3, 0.4) is 0 Å². The minimum absolute atomic E-state index is 0.126. The molecule has 24 heavy (non-hydrogen) atoms. The molecule has 0 saturated carbocycles. The first-order chi connectivity index (χ1) is 11.7. The van der Waals surface area contributed by atoms with Crippen molar-refractivity contribution >= 4 is 5.91 Å². The van der Waals surface area contributed by atoms with Crippen LogP contribution in [0.1, 0.15) is 23.6 Å². The molecule has 0 bridgehead atoms. The molecule has 0 saturated heterocycles. The Morgan fingerprint density at radius 2 is 1.75 bits per heavy atom. The summed E-state index contributed by atoms with van der Waals surface area (Å²) in [6.45, 7) is 6.48. The number of nitrogens with zero attached hydrogens (tertiary/aromatic N) is 1. The fourth-order valence-electron chi connectivity index (χ4n) is 2.88. The van der Waals surface area contributed by atoms with Gasteiger partial charge in [0.15, 0.2) is 11.5 Å². The average molecular weight is 325 g/mol. The fraction of sp³-hybridized carbons (Fsp3) is 0.350. The highest BCUT2D eigenvalue weighted by molar-refractivity contribution is 5.79. The van der Waals surface area contributed by atoms with Crippen molar-refractivity contribution in [1.82, 2.24) is 4.90 Å². The average Bonchev–Trinajstić information content (AvgIpc) is 2.61. The first kappa shape index (κ1) is 16.4. The summed E-state index contributed by atoms with van der Waals surface area (Å²) in [5.41, 5.74) is 3.20. The maximum atomic E-state index is 12.7. The number of rotatable bonds is 5. The highest BCUT2D eigenvalue weighted by Crippen LogP contribution is 2.33. The Morgan fingerprint density at radius 3 is 2.42 bits per heavy atom. The molecule has 1 heterocycles. The first-order valence-corrected chi connectivity index (χ1v) is 8.38. The Labute approximate surface area is 143 Å². The zero-order chi connectivity index (χ0) is 16.9. The van der Waals surface area contributed by atoms with Gasteiger partial charge in [-0.25, -0.2) is 0 Å². The number of benzene rings is 2. The molecule has 0 spiro atoms. The number of fused-ring (bicyclic) bond motifs is 1. The van der Waals surface area contributed by atoms with Gasteiger partial charge in [0.2, 0.25) is 5.91 Å². The molecule has 0 radical (unpaired) electrons. The van der Waals surface area contributed by atoms with Crippen LogP contribution in [0.15, 0.2) is 42.5 Å². The third-order valence-corrected chi connectivity index (χ3v) is 4.29. The van der Waals surface area contributed by atoms with Crippen molar-refractivity contribution < 1.29 is 14.3 Å². The molecule has 0 fully saturated rings. The van der Waals surface area contributed by atoms with Crippen molar-refractivity contribution in [1.29, 1.82) is 0 Å². The molecule has 0 N–H and O–H groups in total. The number of carbonyl (C=O) groups excluding carboxylic acids is 1. The Bertz CT molecular complexity index is 712. The highest BCUT2D eigenvalue weighted by atomic mass is 16.6. The van der Waals surface area contributed by atoms with E-state index in [1.165, 1.54) is 0 Å². The second kappa shape index (κ2) is 7.39. The molecule has 1 amide bonds. The van der Waals surface area contributed by atoms with Gasteiger partial charge >= 0.3 is 0 Å². The van der Waals surface area contributed by atoms with E-state index in [1.807, 2.05) is 61.2 Å². The maximum absolute atomic E-state index is 12.7. The summed E-state index contributed by atoms with van der Waals surface area (Å²) in [6, 6.07) is 14.0. The lowest BCUT2D eigenvalue weighted by atomic mass is 10.0. The van der Waals surface area contributed by atoms with Gasteiger partial charge < -0.3 is 14.4 Å². The topological polar surface area (TPSA) is 38.8 Å². The van der Waals surface area contributed by atoms with Gasteiger partial charge in [0.25, 0.3) is 0 Å². The van der Waals surface area contributed by atoms with Crippen molar-refractivity contribution in [3.8, 4) is 11.5 Å². The summed E-state index contributed by atoms with van der Waals surface area (Å²) in [7, 11) is 0. The van der Waals surface area contributed by atoms with Crippen LogP contribution in [-0.4, -0.2) is 30.6 Å². The van der Waals surface area contributed by atoms with Crippen molar-refractivity contribution in [3.05, 3.63) is 59.2 Å². The van der Waals surface area contributed by atoms with Gasteiger partial charge in [-0.1, -0.05) is 30.3 Å². The van der Waals surface area contributed by atoms with E-state index in [0.29, 0.717) is 32.7 Å². The smallest absolute Gasteiger partial charge is 0.227 e. The summed E-state index contributed by atoms with van der Waals surface area (Å²) in [4.78, 5) is 14.6. The second-order valence-corrected chi connectivity index (χ2v) is 5.99. The Kier molecular flexibility index (Phi) is 5.04. The Morgan fingerprint density at radius 1 is 1.08 bits per heavy atom. The number of hydrogen-bond acceptors (Lipinski definition) is 3. The van der Waals surface area contributed by atoms with Crippen LogP contribution < -0.4 is 9.47 Å². The molecule has 4 heteroatoms. The second-order valence-electron chi connectivity index (χ2n) is 5.99. The van der Waals surface area contributed by atoms with Crippen LogP contribution in [0.5, 0.6) is 11.5 Å². The maximum Gasteiger partial charge on any atom is 0.227 e. The Hall–Kier alpha value is -2.49. The van der Waals surface area contributed by atoms with Gasteiger partial charge in [0, 0.05) is 13.1 Å². The van der Waals surface area contributed by atoms with E-state index in [1.54, 1.807) is 0 Å². The van der Waals surface area contributed by atoms with E-state index in [4.69, 9.17) is 9.47 Å². The van der Waals surface area contributed by atoms with Crippen LogP contribution >= 0.6 is 0 Å². The van der Waals surface area contributed by atoms with Crippen LogP contribution in [-0.2, 0) is 17.8 Å². The molecule has 2 aromatic rings. The molecule has 3 rings (SSSR count). The third kappa shape index (κ3) is 3.70. The highest BCUT2D eigenvalue weighted by Gasteiger charge is 2.18. The monoisotopic (exact) mass is 325 g/mol. The molecule has 0 aliphatic carbocycles. The van der Waals surface area contributed by atoms with Crippen molar-refractivity contribution in [3.63, 3.8) is 0 Å². The van der Waals surface area contributed by atoms with Gasteiger partial charge in [-0.05, 0) is 42.7 Å². The molecule has 0 aromatic heterocycles. The summed E-state index contributed by atoms with van der Waals surface area (Å²) in [5, 5.41) is 0. The molecule has 126 valence electrons. The molecule has 1 aliphatic rings. The lowest BCUT2D eigenvalue weighted by Crippen LogP contribution is -2.31. The lowest BCUT2D eigenvalue weighted by molar-refractivity contribution is -0.130. The van der Waals surface area contributed by atoms with Gasteiger partial charge in [-0.15, -0.1) is 0 Å². The zero-order valence-electron chi connectivity index (χ0n) is 14.2. The minimum Gasteiger partial charge on any atom is -0.486 e. The SMILES string of the molecule is CCN(Cc1ccccc1)C(=O)Cc1cc2c(cc1C)OCCO2. The molecular weight excluding hydrogens is 302 g/mol. The number of aryl methyl sites for hydroxylation is 1. The molecule has 1 aliphatic heterocycles. The molecule has 0 unspecified atom stereocenters. The van der Waals surface area contributed by atoms with E-state index in [0.717, 1.165) is 28.2 Å². The van der Waals surface area contributed by atoms with E-state index in [-0.39, 0.29) is 5.91 Å². The van der Waals surface area contributed by atoms with E-state index in [2.05, 4.69) is 0 Å². The van der Waals surface area contributed by atoms with Gasteiger partial charge in [-0.2, -0.15) is 0 Å². The standard InChI is InChI=1S/C20H23NO3/c1-3-21(14-16-7-5-4-6-8-16)20(22)13-17-12-19-18(11-15(17)2)23-9-10-24-19/h4-8,11-12H,3,9-10,13-14H2,1-2H3. The van der Waals surface area contributed by atoms with E-state index in [9.17, 15) is 4.79 Å². The number of likely N-dealkylation sites (N-methyl/N-ethyl adjacent to an activating group) is 1. The van der Waals surface area contributed by atoms with Crippen molar-refractivity contribution in [2.24, 2.45) is 0 Å². The summed E-state index contributed by atoms with van der Waals surface area (Å²) >= 11 is 0. The summed E-state index contributed by atoms with van der Waals surface area (Å²) in [6.07, 6.45) is 0.378. The predicted octanol–water partition coefficient (Wildman–Crippen LogP) is 3.36. The van der Waals surface area contributed by atoms with Gasteiger partial charge in [-0.3, -0.25) is 4.79 Å². The van der Waals surface area contributed by atoms with Gasteiger partial charge in [0.1, 0.15) is 13.2 Å². The fourth-order valence-corrected chi connectivity index (χ4v) is 2.88. The summed E-state index contributed by atoms with van der Waals surface area (Å²) < 4.78 is 11.2. The normalized spacial score (nSPS) is 12.8. The number of hydrogen-bond donors (Lipinski definition) is 0. The van der Waals surface area contributed by atoms with Crippen LogP contribution in [0.25, 0.3) is 0 Å².